The van der Waals surface area contributed by atoms with Gasteiger partial charge in [-0.3, -0.25) is 9.59 Å². The van der Waals surface area contributed by atoms with Gasteiger partial charge >= 0.3 is 0 Å². The number of amides is 2. The molecule has 28 heavy (non-hydrogen) atoms. The van der Waals surface area contributed by atoms with Gasteiger partial charge in [0.25, 0.3) is 0 Å². The van der Waals surface area contributed by atoms with E-state index >= 15 is 0 Å². The van der Waals surface area contributed by atoms with E-state index in [2.05, 4.69) is 42.6 Å². The second-order valence-electron chi connectivity index (χ2n) is 7.06. The van der Waals surface area contributed by atoms with Gasteiger partial charge in [-0.1, -0.05) is 59.7 Å². The largest absolute Gasteiger partial charge is 0.355 e. The molecule has 0 bridgehead atoms. The molecule has 0 aliphatic rings. The summed E-state index contributed by atoms with van der Waals surface area (Å²) in [5.74, 6) is 0.993. The van der Waals surface area contributed by atoms with Crippen molar-refractivity contribution >= 4 is 23.6 Å². The SMILES string of the molecule is CCNC(=O)[C@@H](C)N(Cc1cccc(C)c1)C(=O)CSCc1ccc(C)cc1. The Kier molecular flexibility index (Phi) is 8.58. The monoisotopic (exact) mass is 398 g/mol. The molecule has 150 valence electrons. The molecule has 2 aromatic carbocycles. The number of nitrogens with one attached hydrogen (secondary N) is 1. The molecule has 0 fully saturated rings. The summed E-state index contributed by atoms with van der Waals surface area (Å²) < 4.78 is 0. The molecule has 0 spiro atoms. The van der Waals surface area contributed by atoms with Crippen molar-refractivity contribution in [2.24, 2.45) is 0 Å². The van der Waals surface area contributed by atoms with Crippen LogP contribution in [0, 0.1) is 13.8 Å². The van der Waals surface area contributed by atoms with E-state index < -0.39 is 6.04 Å². The minimum Gasteiger partial charge on any atom is -0.355 e. The Morgan fingerprint density at radius 3 is 2.39 bits per heavy atom. The van der Waals surface area contributed by atoms with E-state index in [-0.39, 0.29) is 11.8 Å². The van der Waals surface area contributed by atoms with Gasteiger partial charge in [0.1, 0.15) is 6.04 Å². The molecule has 1 atom stereocenters. The minimum atomic E-state index is -0.507. The quantitative estimate of drug-likeness (QED) is 0.692. The lowest BCUT2D eigenvalue weighted by atomic mass is 10.1. The maximum Gasteiger partial charge on any atom is 0.242 e. The normalized spacial score (nSPS) is 11.7. The summed E-state index contributed by atoms with van der Waals surface area (Å²) in [5.41, 5.74) is 4.60. The third-order valence-electron chi connectivity index (χ3n) is 4.57. The zero-order valence-electron chi connectivity index (χ0n) is 17.2. The standard InChI is InChI=1S/C23H30N2O2S/c1-5-24-23(27)19(4)25(14-21-8-6-7-18(3)13-21)22(26)16-28-15-20-11-9-17(2)10-12-20/h6-13,19H,5,14-16H2,1-4H3,(H,24,27)/t19-/m1/s1. The first kappa shape index (κ1) is 22.0. The molecule has 0 aromatic heterocycles. The molecule has 4 nitrogen and oxygen atoms in total. The van der Waals surface area contributed by atoms with Crippen LogP contribution in [0.5, 0.6) is 0 Å². The fraction of sp³-hybridized carbons (Fsp3) is 0.391. The first-order valence-corrected chi connectivity index (χ1v) is 10.8. The van der Waals surface area contributed by atoms with E-state index in [0.717, 1.165) is 16.9 Å². The average Bonchev–Trinajstić information content (AvgIpc) is 2.67. The summed E-state index contributed by atoms with van der Waals surface area (Å²) in [6.07, 6.45) is 0. The summed E-state index contributed by atoms with van der Waals surface area (Å²) in [6.45, 7) is 8.76. The Hall–Kier alpha value is -2.27. The maximum atomic E-state index is 13.0. The van der Waals surface area contributed by atoms with Crippen molar-refractivity contribution in [1.82, 2.24) is 10.2 Å². The molecule has 0 saturated heterocycles. The fourth-order valence-electron chi connectivity index (χ4n) is 2.94. The van der Waals surface area contributed by atoms with E-state index in [1.54, 1.807) is 23.6 Å². The molecule has 0 radical (unpaired) electrons. The zero-order chi connectivity index (χ0) is 20.5. The van der Waals surface area contributed by atoms with Crippen LogP contribution in [0.2, 0.25) is 0 Å². The van der Waals surface area contributed by atoms with Crippen molar-refractivity contribution in [1.29, 1.82) is 0 Å². The van der Waals surface area contributed by atoms with Crippen LogP contribution in [0.1, 0.15) is 36.1 Å². The van der Waals surface area contributed by atoms with Gasteiger partial charge in [-0.05, 0) is 38.8 Å². The third kappa shape index (κ3) is 6.71. The molecule has 2 rings (SSSR count). The fourth-order valence-corrected chi connectivity index (χ4v) is 3.81. The van der Waals surface area contributed by atoms with Gasteiger partial charge < -0.3 is 10.2 Å². The molecule has 0 aliphatic heterocycles. The molecule has 2 amide bonds. The van der Waals surface area contributed by atoms with Crippen LogP contribution in [0.15, 0.2) is 48.5 Å². The highest BCUT2D eigenvalue weighted by Crippen LogP contribution is 2.17. The molecule has 1 N–H and O–H groups in total. The van der Waals surface area contributed by atoms with Crippen molar-refractivity contribution in [3.63, 3.8) is 0 Å². The Morgan fingerprint density at radius 2 is 1.75 bits per heavy atom. The molecule has 0 saturated carbocycles. The van der Waals surface area contributed by atoms with Gasteiger partial charge in [-0.2, -0.15) is 0 Å². The Labute approximate surface area is 172 Å². The highest BCUT2D eigenvalue weighted by molar-refractivity contribution is 7.99. The third-order valence-corrected chi connectivity index (χ3v) is 5.56. The maximum absolute atomic E-state index is 13.0. The number of hydrogen-bond donors (Lipinski definition) is 1. The van der Waals surface area contributed by atoms with Crippen molar-refractivity contribution in [2.75, 3.05) is 12.3 Å². The van der Waals surface area contributed by atoms with Crippen LogP contribution in [0.4, 0.5) is 0 Å². The predicted octanol–water partition coefficient (Wildman–Crippen LogP) is 4.09. The van der Waals surface area contributed by atoms with Gasteiger partial charge in [-0.25, -0.2) is 0 Å². The number of benzene rings is 2. The number of carbonyl (C=O) groups is 2. The summed E-state index contributed by atoms with van der Waals surface area (Å²) in [6, 6.07) is 15.9. The lowest BCUT2D eigenvalue weighted by molar-refractivity contribution is -0.138. The first-order valence-electron chi connectivity index (χ1n) is 9.66. The second-order valence-corrected chi connectivity index (χ2v) is 8.05. The number of aryl methyl sites for hydroxylation is 2. The molecular formula is C23H30N2O2S. The van der Waals surface area contributed by atoms with Crippen LogP contribution >= 0.6 is 11.8 Å². The molecule has 5 heteroatoms. The van der Waals surface area contributed by atoms with Crippen LogP contribution in [0.25, 0.3) is 0 Å². The Morgan fingerprint density at radius 1 is 1.04 bits per heavy atom. The lowest BCUT2D eigenvalue weighted by Crippen LogP contribution is -2.48. The first-order chi connectivity index (χ1) is 13.4. The molecule has 2 aromatic rings. The van der Waals surface area contributed by atoms with Gasteiger partial charge in [0.05, 0.1) is 5.75 Å². The Bertz CT molecular complexity index is 789. The van der Waals surface area contributed by atoms with E-state index in [0.29, 0.717) is 18.8 Å². The van der Waals surface area contributed by atoms with Crippen molar-refractivity contribution in [3.05, 3.63) is 70.8 Å². The van der Waals surface area contributed by atoms with E-state index in [9.17, 15) is 9.59 Å². The van der Waals surface area contributed by atoms with Crippen LogP contribution in [-0.4, -0.2) is 35.1 Å². The summed E-state index contributed by atoms with van der Waals surface area (Å²) in [4.78, 5) is 27.0. The topological polar surface area (TPSA) is 49.4 Å². The van der Waals surface area contributed by atoms with Gasteiger partial charge in [-0.15, -0.1) is 11.8 Å². The summed E-state index contributed by atoms with van der Waals surface area (Å²) in [7, 11) is 0. The van der Waals surface area contributed by atoms with Gasteiger partial charge in [0.2, 0.25) is 11.8 Å². The highest BCUT2D eigenvalue weighted by Gasteiger charge is 2.25. The van der Waals surface area contributed by atoms with Crippen LogP contribution in [0.3, 0.4) is 0 Å². The molecule has 0 heterocycles. The average molecular weight is 399 g/mol. The number of hydrogen-bond acceptors (Lipinski definition) is 3. The van der Waals surface area contributed by atoms with Gasteiger partial charge in [0, 0.05) is 18.8 Å². The number of thioether (sulfide) groups is 1. The smallest absolute Gasteiger partial charge is 0.242 e. The minimum absolute atomic E-state index is 0.0163. The van der Waals surface area contributed by atoms with Crippen molar-refractivity contribution < 1.29 is 9.59 Å². The van der Waals surface area contributed by atoms with Gasteiger partial charge in [0.15, 0.2) is 0 Å². The number of rotatable bonds is 9. The lowest BCUT2D eigenvalue weighted by Gasteiger charge is -2.28. The summed E-state index contributed by atoms with van der Waals surface area (Å²) in [5, 5.41) is 2.83. The highest BCUT2D eigenvalue weighted by atomic mass is 32.2. The predicted molar refractivity (Wildman–Crippen MR) is 117 cm³/mol. The Balaban J connectivity index is 2.04. The molecular weight excluding hydrogens is 368 g/mol. The van der Waals surface area contributed by atoms with Crippen LogP contribution < -0.4 is 5.32 Å². The van der Waals surface area contributed by atoms with E-state index in [4.69, 9.17) is 0 Å². The molecule has 0 aliphatic carbocycles. The second kappa shape index (κ2) is 10.9. The number of carbonyl (C=O) groups excluding carboxylic acids is 2. The van der Waals surface area contributed by atoms with Crippen LogP contribution in [-0.2, 0) is 21.9 Å². The number of likely N-dealkylation sites (N-methyl/N-ethyl adjacent to an activating group) is 1. The van der Waals surface area contributed by atoms with E-state index in [1.165, 1.54) is 11.1 Å². The molecule has 0 unspecified atom stereocenters. The summed E-state index contributed by atoms with van der Waals surface area (Å²) >= 11 is 1.58. The zero-order valence-corrected chi connectivity index (χ0v) is 18.0. The number of nitrogens with zero attached hydrogens (tertiary/aromatic N) is 1. The van der Waals surface area contributed by atoms with Crippen molar-refractivity contribution in [2.45, 2.75) is 46.0 Å². The van der Waals surface area contributed by atoms with Crippen molar-refractivity contribution in [3.8, 4) is 0 Å². The van der Waals surface area contributed by atoms with E-state index in [1.807, 2.05) is 32.0 Å².